The van der Waals surface area contributed by atoms with E-state index < -0.39 is 39.9 Å². The van der Waals surface area contributed by atoms with Gasteiger partial charge in [-0.1, -0.05) is 11.6 Å². The van der Waals surface area contributed by atoms with Gasteiger partial charge in [-0.05, 0) is 33.3 Å². The number of ether oxygens (including phenoxy) is 1. The zero-order chi connectivity index (χ0) is 18.9. The average Bonchev–Trinajstić information content (AvgIpc) is 2.88. The summed E-state index contributed by atoms with van der Waals surface area (Å²) in [5, 5.41) is 10.9. The third kappa shape index (κ3) is 4.50. The van der Waals surface area contributed by atoms with E-state index in [1.807, 2.05) is 0 Å². The highest BCUT2D eigenvalue weighted by Crippen LogP contribution is 2.35. The summed E-state index contributed by atoms with van der Waals surface area (Å²) in [5.41, 5.74) is -1.68. The van der Waals surface area contributed by atoms with Crippen LogP contribution in [0.2, 0.25) is 5.02 Å². The zero-order valence-electron chi connectivity index (χ0n) is 14.0. The Morgan fingerprint density at radius 2 is 2.04 bits per heavy atom. The van der Waals surface area contributed by atoms with Gasteiger partial charge in [0, 0.05) is 13.1 Å². The van der Waals surface area contributed by atoms with Crippen molar-refractivity contribution in [2.24, 2.45) is 0 Å². The first-order valence-electron chi connectivity index (χ1n) is 7.65. The Labute approximate surface area is 148 Å². The molecule has 2 N–H and O–H groups in total. The van der Waals surface area contributed by atoms with Crippen molar-refractivity contribution in [3.63, 3.8) is 0 Å². The second kappa shape index (κ2) is 7.03. The fraction of sp³-hybridized carbons (Fsp3) is 0.500. The first-order chi connectivity index (χ1) is 11.5. The summed E-state index contributed by atoms with van der Waals surface area (Å²) in [4.78, 5) is 24.2. The van der Waals surface area contributed by atoms with Gasteiger partial charge in [0.25, 0.3) is 0 Å². The van der Waals surface area contributed by atoms with Crippen LogP contribution in [0, 0.1) is 11.6 Å². The molecule has 2 rings (SSSR count). The minimum absolute atomic E-state index is 0.196. The monoisotopic (exact) mass is 376 g/mol. The highest BCUT2D eigenvalue weighted by molar-refractivity contribution is 6.33. The summed E-state index contributed by atoms with van der Waals surface area (Å²) >= 11 is 5.84. The van der Waals surface area contributed by atoms with Gasteiger partial charge < -0.3 is 20.1 Å². The number of halogens is 3. The molecule has 25 heavy (non-hydrogen) atoms. The van der Waals surface area contributed by atoms with E-state index in [2.05, 4.69) is 5.32 Å². The number of benzene rings is 1. The summed E-state index contributed by atoms with van der Waals surface area (Å²) in [6.45, 7) is 5.71. The van der Waals surface area contributed by atoms with Gasteiger partial charge in [-0.2, -0.15) is 0 Å². The number of anilines is 1. The lowest BCUT2D eigenvalue weighted by molar-refractivity contribution is 0.0508. The van der Waals surface area contributed by atoms with Crippen LogP contribution in [0.1, 0.15) is 37.6 Å². The molecular weight excluding hydrogens is 358 g/mol. The van der Waals surface area contributed by atoms with E-state index in [-0.39, 0.29) is 18.3 Å². The van der Waals surface area contributed by atoms with Crippen LogP contribution >= 0.6 is 11.6 Å². The standard InChI is InChI=1S/C16H19ClF2N2O4/c1-16(2,3)25-15(24)20-8-4-5-21(7-8)13-10(18)6-9(14(22)23)12(19)11(13)17/h6,8H,4-5,7H2,1-3H3,(H,20,24)(H,22,23). The molecule has 1 aromatic rings. The van der Waals surface area contributed by atoms with Gasteiger partial charge in [0.05, 0.1) is 17.3 Å². The summed E-state index contributed by atoms with van der Waals surface area (Å²) < 4.78 is 33.4. The minimum atomic E-state index is -1.60. The number of carbonyl (C=O) groups is 2. The van der Waals surface area contributed by atoms with Crippen LogP contribution in [0.3, 0.4) is 0 Å². The molecule has 0 bridgehead atoms. The number of hydrogen-bond acceptors (Lipinski definition) is 4. The van der Waals surface area contributed by atoms with Crippen molar-refractivity contribution in [3.05, 3.63) is 28.3 Å². The van der Waals surface area contributed by atoms with Crippen molar-refractivity contribution in [2.45, 2.75) is 38.8 Å². The van der Waals surface area contributed by atoms with Crippen LogP contribution in [-0.2, 0) is 4.74 Å². The van der Waals surface area contributed by atoms with Gasteiger partial charge in [0.15, 0.2) is 5.82 Å². The van der Waals surface area contributed by atoms with Crippen LogP contribution < -0.4 is 10.2 Å². The fourth-order valence-electron chi connectivity index (χ4n) is 2.59. The molecule has 1 atom stereocenters. The number of aromatic carboxylic acids is 1. The molecule has 1 aliphatic rings. The van der Waals surface area contributed by atoms with Crippen molar-refractivity contribution in [2.75, 3.05) is 18.0 Å². The largest absolute Gasteiger partial charge is 0.478 e. The van der Waals surface area contributed by atoms with Crippen molar-refractivity contribution in [1.29, 1.82) is 0 Å². The zero-order valence-corrected chi connectivity index (χ0v) is 14.8. The maximum Gasteiger partial charge on any atom is 0.407 e. The van der Waals surface area contributed by atoms with E-state index in [1.54, 1.807) is 20.8 Å². The predicted octanol–water partition coefficient (Wildman–Crippen LogP) is 3.42. The number of alkyl carbamates (subject to hydrolysis) is 1. The summed E-state index contributed by atoms with van der Waals surface area (Å²) in [6.07, 6.45) is -0.115. The number of carboxylic acid groups (broad SMARTS) is 1. The Morgan fingerprint density at radius 1 is 1.40 bits per heavy atom. The Balaban J connectivity index is 2.13. The number of nitrogens with one attached hydrogen (secondary N) is 1. The third-order valence-corrected chi connectivity index (χ3v) is 3.94. The van der Waals surface area contributed by atoms with Crippen LogP contribution in [0.5, 0.6) is 0 Å². The molecule has 1 aromatic carbocycles. The first kappa shape index (κ1) is 19.2. The smallest absolute Gasteiger partial charge is 0.407 e. The molecule has 1 amide bonds. The topological polar surface area (TPSA) is 78.9 Å². The van der Waals surface area contributed by atoms with Crippen molar-refractivity contribution < 1.29 is 28.2 Å². The molecule has 1 saturated heterocycles. The van der Waals surface area contributed by atoms with Gasteiger partial charge in [0.2, 0.25) is 0 Å². The number of rotatable bonds is 3. The predicted molar refractivity (Wildman–Crippen MR) is 88.3 cm³/mol. The van der Waals surface area contributed by atoms with E-state index in [0.717, 1.165) is 0 Å². The maximum atomic E-state index is 14.2. The van der Waals surface area contributed by atoms with Gasteiger partial charge in [-0.25, -0.2) is 18.4 Å². The molecular formula is C16H19ClF2N2O4. The molecule has 1 unspecified atom stereocenters. The number of nitrogens with zero attached hydrogens (tertiary/aromatic N) is 1. The molecule has 1 fully saturated rings. The minimum Gasteiger partial charge on any atom is -0.478 e. The normalized spacial score (nSPS) is 17.5. The summed E-state index contributed by atoms with van der Waals surface area (Å²) in [7, 11) is 0. The third-order valence-electron chi connectivity index (χ3n) is 3.59. The lowest BCUT2D eigenvalue weighted by Gasteiger charge is -2.23. The molecule has 0 aromatic heterocycles. The number of carboxylic acids is 1. The number of amides is 1. The quantitative estimate of drug-likeness (QED) is 0.790. The van der Waals surface area contributed by atoms with Crippen LogP contribution in [0.15, 0.2) is 6.07 Å². The second-order valence-electron chi connectivity index (χ2n) is 6.77. The molecule has 1 aliphatic heterocycles. The Kier molecular flexibility index (Phi) is 5.41. The van der Waals surface area contributed by atoms with Crippen molar-refractivity contribution >= 4 is 29.4 Å². The molecule has 138 valence electrons. The Hall–Kier alpha value is -2.09. The molecule has 0 radical (unpaired) electrons. The number of hydrogen-bond donors (Lipinski definition) is 2. The van der Waals surface area contributed by atoms with Crippen LogP contribution in [0.4, 0.5) is 19.3 Å². The van der Waals surface area contributed by atoms with Gasteiger partial charge >= 0.3 is 12.1 Å². The van der Waals surface area contributed by atoms with Crippen LogP contribution in [-0.4, -0.2) is 41.9 Å². The maximum absolute atomic E-state index is 14.2. The van der Waals surface area contributed by atoms with E-state index in [4.69, 9.17) is 21.4 Å². The van der Waals surface area contributed by atoms with Crippen molar-refractivity contribution in [1.82, 2.24) is 5.32 Å². The first-order valence-corrected chi connectivity index (χ1v) is 8.02. The lowest BCUT2D eigenvalue weighted by atomic mass is 10.1. The highest BCUT2D eigenvalue weighted by atomic mass is 35.5. The summed E-state index contributed by atoms with van der Waals surface area (Å²) in [6, 6.07) is 0.278. The van der Waals surface area contributed by atoms with Gasteiger partial charge in [-0.15, -0.1) is 0 Å². The molecule has 0 spiro atoms. The van der Waals surface area contributed by atoms with E-state index >= 15 is 0 Å². The lowest BCUT2D eigenvalue weighted by Crippen LogP contribution is -2.40. The van der Waals surface area contributed by atoms with E-state index in [1.165, 1.54) is 4.90 Å². The average molecular weight is 377 g/mol. The fourth-order valence-corrected chi connectivity index (χ4v) is 2.90. The Bertz CT molecular complexity index is 706. The molecule has 6 nitrogen and oxygen atoms in total. The summed E-state index contributed by atoms with van der Waals surface area (Å²) in [5.74, 6) is -3.72. The molecule has 0 saturated carbocycles. The molecule has 1 heterocycles. The van der Waals surface area contributed by atoms with Gasteiger partial charge in [-0.3, -0.25) is 0 Å². The van der Waals surface area contributed by atoms with E-state index in [0.29, 0.717) is 19.0 Å². The van der Waals surface area contributed by atoms with Crippen molar-refractivity contribution in [3.8, 4) is 0 Å². The number of carbonyl (C=O) groups excluding carboxylic acids is 1. The second-order valence-corrected chi connectivity index (χ2v) is 7.14. The Morgan fingerprint density at radius 3 is 2.60 bits per heavy atom. The molecule has 9 heteroatoms. The van der Waals surface area contributed by atoms with Crippen LogP contribution in [0.25, 0.3) is 0 Å². The highest BCUT2D eigenvalue weighted by Gasteiger charge is 2.31. The van der Waals surface area contributed by atoms with Gasteiger partial charge in [0.1, 0.15) is 16.4 Å². The molecule has 0 aliphatic carbocycles. The SMILES string of the molecule is CC(C)(C)OC(=O)NC1CCN(c2c(F)cc(C(=O)O)c(F)c2Cl)C1. The van der Waals surface area contributed by atoms with E-state index in [9.17, 15) is 18.4 Å².